The lowest BCUT2D eigenvalue weighted by Gasteiger charge is -2.18. The van der Waals surface area contributed by atoms with Crippen LogP contribution in [0.25, 0.3) is 6.08 Å². The Balaban J connectivity index is 2.47. The minimum Gasteiger partial charge on any atom is -0.353 e. The van der Waals surface area contributed by atoms with Crippen LogP contribution in [0.5, 0.6) is 0 Å². The second-order valence-corrected chi connectivity index (χ2v) is 6.20. The minimum atomic E-state index is -0.0130. The minimum absolute atomic E-state index is 0.0130. The van der Waals surface area contributed by atoms with Crippen LogP contribution in [0.1, 0.15) is 58.1 Å². The third-order valence-corrected chi connectivity index (χ3v) is 3.28. The summed E-state index contributed by atoms with van der Waals surface area (Å²) in [6.07, 6.45) is 6.86. The molecule has 1 aromatic rings. The fourth-order valence-corrected chi connectivity index (χ4v) is 1.91. The number of benzene rings is 1. The van der Waals surface area contributed by atoms with Gasteiger partial charge in [0.25, 0.3) is 0 Å². The smallest absolute Gasteiger partial charge is 0.243 e. The van der Waals surface area contributed by atoms with Gasteiger partial charge in [-0.3, -0.25) is 4.79 Å². The predicted octanol–water partition coefficient (Wildman–Crippen LogP) is 4.30. The first-order valence-electron chi connectivity index (χ1n) is 7.50. The van der Waals surface area contributed by atoms with Crippen molar-refractivity contribution in [2.75, 3.05) is 6.54 Å². The Morgan fingerprint density at radius 1 is 1.15 bits per heavy atom. The van der Waals surface area contributed by atoms with E-state index in [0.29, 0.717) is 0 Å². The normalized spacial score (nSPS) is 11.8. The van der Waals surface area contributed by atoms with Gasteiger partial charge in [0.15, 0.2) is 0 Å². The topological polar surface area (TPSA) is 29.1 Å². The van der Waals surface area contributed by atoms with Gasteiger partial charge in [0.2, 0.25) is 5.91 Å². The highest BCUT2D eigenvalue weighted by atomic mass is 16.1. The molecular formula is C18H27NO. The van der Waals surface area contributed by atoms with Gasteiger partial charge in [-0.25, -0.2) is 0 Å². The average Bonchev–Trinajstić information content (AvgIpc) is 2.41. The zero-order chi connectivity index (χ0) is 15.0. The van der Waals surface area contributed by atoms with E-state index in [4.69, 9.17) is 0 Å². The Labute approximate surface area is 123 Å². The predicted molar refractivity (Wildman–Crippen MR) is 86.7 cm³/mol. The monoisotopic (exact) mass is 273 g/mol. The molecule has 0 fully saturated rings. The van der Waals surface area contributed by atoms with E-state index in [1.807, 2.05) is 6.08 Å². The molecule has 1 aromatic carbocycles. The number of hydrogen-bond acceptors (Lipinski definition) is 1. The molecule has 1 amide bonds. The van der Waals surface area contributed by atoms with Crippen molar-refractivity contribution in [1.82, 2.24) is 5.32 Å². The van der Waals surface area contributed by atoms with Crippen LogP contribution in [-0.4, -0.2) is 12.5 Å². The highest BCUT2D eigenvalue weighted by molar-refractivity contribution is 5.91. The standard InChI is InChI=1S/C18H27NO/c1-5-6-7-14-19-17(20)13-10-15-8-11-16(12-9-15)18(2,3)4/h8-13H,5-7,14H2,1-4H3,(H,19,20). The average molecular weight is 273 g/mol. The Morgan fingerprint density at radius 3 is 2.35 bits per heavy atom. The molecule has 2 nitrogen and oxygen atoms in total. The molecule has 110 valence electrons. The first-order chi connectivity index (χ1) is 9.43. The van der Waals surface area contributed by atoms with E-state index >= 15 is 0 Å². The van der Waals surface area contributed by atoms with Crippen molar-refractivity contribution >= 4 is 12.0 Å². The Morgan fingerprint density at radius 2 is 1.80 bits per heavy atom. The highest BCUT2D eigenvalue weighted by Crippen LogP contribution is 2.22. The van der Waals surface area contributed by atoms with E-state index in [2.05, 4.69) is 57.3 Å². The van der Waals surface area contributed by atoms with Gasteiger partial charge in [0, 0.05) is 12.6 Å². The molecule has 0 radical (unpaired) electrons. The van der Waals surface area contributed by atoms with Gasteiger partial charge in [-0.15, -0.1) is 0 Å². The fourth-order valence-electron chi connectivity index (χ4n) is 1.91. The zero-order valence-electron chi connectivity index (χ0n) is 13.2. The van der Waals surface area contributed by atoms with Crippen LogP contribution in [0.3, 0.4) is 0 Å². The molecule has 1 N–H and O–H groups in total. The van der Waals surface area contributed by atoms with Crippen molar-refractivity contribution in [3.8, 4) is 0 Å². The molecule has 2 heteroatoms. The Kier molecular flexibility index (Phi) is 6.50. The third kappa shape index (κ3) is 6.05. The second-order valence-electron chi connectivity index (χ2n) is 6.20. The summed E-state index contributed by atoms with van der Waals surface area (Å²) in [5.74, 6) is -0.0130. The van der Waals surface area contributed by atoms with Crippen molar-refractivity contribution in [1.29, 1.82) is 0 Å². The summed E-state index contributed by atoms with van der Waals surface area (Å²) in [5.41, 5.74) is 2.53. The quantitative estimate of drug-likeness (QED) is 0.607. The van der Waals surface area contributed by atoms with E-state index in [-0.39, 0.29) is 11.3 Å². The Hall–Kier alpha value is -1.57. The summed E-state index contributed by atoms with van der Waals surface area (Å²) in [6.45, 7) is 9.51. The van der Waals surface area contributed by atoms with Crippen LogP contribution in [-0.2, 0) is 10.2 Å². The van der Waals surface area contributed by atoms with Gasteiger partial charge >= 0.3 is 0 Å². The maximum absolute atomic E-state index is 11.6. The molecule has 0 unspecified atom stereocenters. The number of hydrogen-bond donors (Lipinski definition) is 1. The summed E-state index contributed by atoms with van der Waals surface area (Å²) >= 11 is 0. The SMILES string of the molecule is CCCCCNC(=O)C=Cc1ccc(C(C)(C)C)cc1. The number of carbonyl (C=O) groups excluding carboxylic acids is 1. The first kappa shape index (κ1) is 16.5. The molecule has 0 saturated heterocycles. The molecule has 0 aliphatic heterocycles. The van der Waals surface area contributed by atoms with E-state index in [1.54, 1.807) is 6.08 Å². The second kappa shape index (κ2) is 7.88. The van der Waals surface area contributed by atoms with Crippen LogP contribution in [0.4, 0.5) is 0 Å². The first-order valence-corrected chi connectivity index (χ1v) is 7.50. The van der Waals surface area contributed by atoms with Crippen molar-refractivity contribution < 1.29 is 4.79 Å². The molecule has 0 aliphatic rings. The van der Waals surface area contributed by atoms with Crippen molar-refractivity contribution in [2.45, 2.75) is 52.4 Å². The van der Waals surface area contributed by atoms with Crippen molar-refractivity contribution in [2.24, 2.45) is 0 Å². The Bertz CT molecular complexity index is 437. The van der Waals surface area contributed by atoms with Gasteiger partial charge in [-0.1, -0.05) is 64.8 Å². The number of unbranched alkanes of at least 4 members (excludes halogenated alkanes) is 2. The van der Waals surface area contributed by atoms with Crippen molar-refractivity contribution in [3.05, 3.63) is 41.5 Å². The van der Waals surface area contributed by atoms with E-state index < -0.39 is 0 Å². The fraction of sp³-hybridized carbons (Fsp3) is 0.500. The van der Waals surface area contributed by atoms with Gasteiger partial charge in [0.05, 0.1) is 0 Å². The summed E-state index contributed by atoms with van der Waals surface area (Å²) < 4.78 is 0. The lowest BCUT2D eigenvalue weighted by molar-refractivity contribution is -0.116. The molecule has 1 rings (SSSR count). The summed E-state index contributed by atoms with van der Waals surface area (Å²) in [6, 6.07) is 8.36. The summed E-state index contributed by atoms with van der Waals surface area (Å²) in [4.78, 5) is 11.6. The largest absolute Gasteiger partial charge is 0.353 e. The van der Waals surface area contributed by atoms with Gasteiger partial charge in [-0.05, 0) is 29.0 Å². The van der Waals surface area contributed by atoms with Gasteiger partial charge < -0.3 is 5.32 Å². The number of nitrogens with one attached hydrogen (secondary N) is 1. The van der Waals surface area contributed by atoms with Gasteiger partial charge in [-0.2, -0.15) is 0 Å². The maximum atomic E-state index is 11.6. The van der Waals surface area contributed by atoms with Crippen LogP contribution in [0.15, 0.2) is 30.3 Å². The molecule has 0 heterocycles. The molecule has 0 atom stereocenters. The third-order valence-electron chi connectivity index (χ3n) is 3.28. The van der Waals surface area contributed by atoms with E-state index in [0.717, 1.165) is 24.9 Å². The maximum Gasteiger partial charge on any atom is 0.243 e. The van der Waals surface area contributed by atoms with Crippen LogP contribution < -0.4 is 5.32 Å². The summed E-state index contributed by atoms with van der Waals surface area (Å²) in [5, 5.41) is 2.90. The molecule has 20 heavy (non-hydrogen) atoms. The molecule has 0 aliphatic carbocycles. The number of carbonyl (C=O) groups is 1. The van der Waals surface area contributed by atoms with Crippen LogP contribution in [0, 0.1) is 0 Å². The van der Waals surface area contributed by atoms with E-state index in [1.165, 1.54) is 12.0 Å². The molecule has 0 bridgehead atoms. The van der Waals surface area contributed by atoms with Crippen LogP contribution >= 0.6 is 0 Å². The zero-order valence-corrected chi connectivity index (χ0v) is 13.2. The molecule has 0 saturated carbocycles. The van der Waals surface area contributed by atoms with Crippen LogP contribution in [0.2, 0.25) is 0 Å². The number of amides is 1. The lowest BCUT2D eigenvalue weighted by Crippen LogP contribution is -2.21. The molecule has 0 spiro atoms. The molecular weight excluding hydrogens is 246 g/mol. The molecule has 0 aromatic heterocycles. The summed E-state index contributed by atoms with van der Waals surface area (Å²) in [7, 11) is 0. The highest BCUT2D eigenvalue weighted by Gasteiger charge is 2.12. The van der Waals surface area contributed by atoms with Crippen molar-refractivity contribution in [3.63, 3.8) is 0 Å². The number of rotatable bonds is 6. The van der Waals surface area contributed by atoms with E-state index in [9.17, 15) is 4.79 Å². The van der Waals surface area contributed by atoms with Gasteiger partial charge in [0.1, 0.15) is 0 Å². The lowest BCUT2D eigenvalue weighted by atomic mass is 9.87.